The van der Waals surface area contributed by atoms with Gasteiger partial charge < -0.3 is 5.32 Å². The number of nitrogens with one attached hydrogen (secondary N) is 2. The van der Waals surface area contributed by atoms with Gasteiger partial charge in [-0.3, -0.25) is 9.52 Å². The Morgan fingerprint density at radius 3 is 2.33 bits per heavy atom. The number of rotatable bonds is 7. The van der Waals surface area contributed by atoms with Gasteiger partial charge in [-0.05, 0) is 48.7 Å². The van der Waals surface area contributed by atoms with Crippen LogP contribution in [0.5, 0.6) is 0 Å². The van der Waals surface area contributed by atoms with E-state index in [1.165, 1.54) is 17.7 Å². The summed E-state index contributed by atoms with van der Waals surface area (Å²) in [7, 11) is -3.88. The maximum atomic E-state index is 12.7. The molecular weight excluding hydrogens is 420 g/mol. The average molecular weight is 441 g/mol. The number of anilines is 1. The summed E-state index contributed by atoms with van der Waals surface area (Å²) in [6.07, 6.45) is 2.04. The SMILES string of the molecule is O=C(NCC1(c2ccccc2)CC1)c1cccc(S(=O)(=O)Nc2ccccc2Cl)c1. The third-order valence-corrected chi connectivity index (χ3v) is 7.04. The van der Waals surface area contributed by atoms with E-state index >= 15 is 0 Å². The van der Waals surface area contributed by atoms with Crippen molar-refractivity contribution in [1.82, 2.24) is 5.32 Å². The van der Waals surface area contributed by atoms with Crippen LogP contribution in [0.15, 0.2) is 83.8 Å². The fourth-order valence-corrected chi connectivity index (χ4v) is 4.78. The second-order valence-electron chi connectivity index (χ2n) is 7.44. The third kappa shape index (κ3) is 4.35. The third-order valence-electron chi connectivity index (χ3n) is 5.35. The van der Waals surface area contributed by atoms with Crippen molar-refractivity contribution in [2.45, 2.75) is 23.2 Å². The molecule has 1 saturated carbocycles. The molecule has 0 heterocycles. The van der Waals surface area contributed by atoms with Crippen LogP contribution >= 0.6 is 11.6 Å². The minimum absolute atomic E-state index is 0.000681. The lowest BCUT2D eigenvalue weighted by molar-refractivity contribution is 0.0949. The fourth-order valence-electron chi connectivity index (χ4n) is 3.41. The van der Waals surface area contributed by atoms with Crippen LogP contribution in [0.2, 0.25) is 5.02 Å². The van der Waals surface area contributed by atoms with Crippen molar-refractivity contribution in [3.63, 3.8) is 0 Å². The number of benzene rings is 3. The minimum Gasteiger partial charge on any atom is -0.351 e. The first-order chi connectivity index (χ1) is 14.4. The van der Waals surface area contributed by atoms with Gasteiger partial charge in [0.2, 0.25) is 0 Å². The summed E-state index contributed by atoms with van der Waals surface area (Å²) in [5.74, 6) is -0.299. The van der Waals surface area contributed by atoms with Crippen molar-refractivity contribution in [3.05, 3.63) is 95.0 Å². The number of para-hydroxylation sites is 1. The van der Waals surface area contributed by atoms with E-state index in [1.54, 1.807) is 36.4 Å². The van der Waals surface area contributed by atoms with Crippen LogP contribution in [0.4, 0.5) is 5.69 Å². The maximum Gasteiger partial charge on any atom is 0.261 e. The smallest absolute Gasteiger partial charge is 0.261 e. The first-order valence-electron chi connectivity index (χ1n) is 9.61. The molecule has 0 aliphatic heterocycles. The van der Waals surface area contributed by atoms with Crippen molar-refractivity contribution >= 4 is 33.2 Å². The molecule has 0 aromatic heterocycles. The molecule has 1 amide bonds. The molecule has 1 aliphatic rings. The molecule has 5 nitrogen and oxygen atoms in total. The van der Waals surface area contributed by atoms with E-state index in [1.807, 2.05) is 18.2 Å². The van der Waals surface area contributed by atoms with Crippen LogP contribution < -0.4 is 10.0 Å². The molecule has 0 saturated heterocycles. The predicted molar refractivity (Wildman–Crippen MR) is 118 cm³/mol. The number of carbonyl (C=O) groups excluding carboxylic acids is 1. The molecule has 2 N–H and O–H groups in total. The van der Waals surface area contributed by atoms with E-state index in [9.17, 15) is 13.2 Å². The zero-order valence-corrected chi connectivity index (χ0v) is 17.7. The summed E-state index contributed by atoms with van der Waals surface area (Å²) in [6.45, 7) is 0.519. The molecule has 0 atom stereocenters. The summed E-state index contributed by atoms with van der Waals surface area (Å²) in [6, 6.07) is 22.7. The number of amides is 1. The van der Waals surface area contributed by atoms with E-state index < -0.39 is 10.0 Å². The van der Waals surface area contributed by atoms with Crippen LogP contribution in [0.3, 0.4) is 0 Å². The molecule has 3 aromatic carbocycles. The van der Waals surface area contributed by atoms with Gasteiger partial charge in [-0.1, -0.05) is 60.1 Å². The molecule has 3 aromatic rings. The van der Waals surface area contributed by atoms with Gasteiger partial charge >= 0.3 is 0 Å². The maximum absolute atomic E-state index is 12.7. The van der Waals surface area contributed by atoms with Crippen molar-refractivity contribution in [2.75, 3.05) is 11.3 Å². The molecule has 0 spiro atoms. The highest BCUT2D eigenvalue weighted by atomic mass is 35.5. The van der Waals surface area contributed by atoms with Gasteiger partial charge in [0, 0.05) is 17.5 Å². The fraction of sp³-hybridized carbons (Fsp3) is 0.174. The lowest BCUT2D eigenvalue weighted by Gasteiger charge is -2.17. The minimum atomic E-state index is -3.88. The molecule has 4 rings (SSSR count). The van der Waals surface area contributed by atoms with E-state index in [0.717, 1.165) is 12.8 Å². The summed E-state index contributed by atoms with van der Waals surface area (Å²) < 4.78 is 27.9. The van der Waals surface area contributed by atoms with Crippen molar-refractivity contribution in [1.29, 1.82) is 0 Å². The Morgan fingerprint density at radius 1 is 0.933 bits per heavy atom. The molecule has 0 bridgehead atoms. The van der Waals surface area contributed by atoms with Gasteiger partial charge in [0.1, 0.15) is 0 Å². The van der Waals surface area contributed by atoms with Crippen molar-refractivity contribution < 1.29 is 13.2 Å². The first-order valence-corrected chi connectivity index (χ1v) is 11.5. The van der Waals surface area contributed by atoms with Gasteiger partial charge in [-0.2, -0.15) is 0 Å². The lowest BCUT2D eigenvalue weighted by atomic mass is 9.96. The zero-order chi connectivity index (χ0) is 21.2. The molecule has 7 heteroatoms. The quantitative estimate of drug-likeness (QED) is 0.563. The largest absolute Gasteiger partial charge is 0.351 e. The van der Waals surface area contributed by atoms with E-state index in [0.29, 0.717) is 17.1 Å². The molecule has 0 radical (unpaired) electrons. The van der Waals surface area contributed by atoms with E-state index in [2.05, 4.69) is 22.2 Å². The Bertz CT molecular complexity index is 1180. The molecule has 154 valence electrons. The number of hydrogen-bond donors (Lipinski definition) is 2. The van der Waals surface area contributed by atoms with E-state index in [4.69, 9.17) is 11.6 Å². The number of hydrogen-bond acceptors (Lipinski definition) is 3. The zero-order valence-electron chi connectivity index (χ0n) is 16.1. The Kier molecular flexibility index (Phi) is 5.54. The van der Waals surface area contributed by atoms with E-state index in [-0.39, 0.29) is 21.9 Å². The van der Waals surface area contributed by atoms with Gasteiger partial charge in [0.15, 0.2) is 0 Å². The Morgan fingerprint density at radius 2 is 1.63 bits per heavy atom. The lowest BCUT2D eigenvalue weighted by Crippen LogP contribution is -2.32. The second-order valence-corrected chi connectivity index (χ2v) is 9.53. The number of halogens is 1. The summed E-state index contributed by atoms with van der Waals surface area (Å²) in [5, 5.41) is 3.26. The summed E-state index contributed by atoms with van der Waals surface area (Å²) in [4.78, 5) is 12.7. The number of carbonyl (C=O) groups is 1. The Hall–Kier alpha value is -2.83. The molecular formula is C23H21ClN2O3S. The first kappa shape index (κ1) is 20.4. The highest BCUT2D eigenvalue weighted by Crippen LogP contribution is 2.47. The standard InChI is InChI=1S/C23H21ClN2O3S/c24-20-11-4-5-12-21(20)26-30(28,29)19-10-6-7-17(15-19)22(27)25-16-23(13-14-23)18-8-2-1-3-9-18/h1-12,15,26H,13-14,16H2,(H,25,27). The number of sulfonamides is 1. The van der Waals surface area contributed by atoms with Crippen LogP contribution in [0, 0.1) is 0 Å². The summed E-state index contributed by atoms with van der Waals surface area (Å²) >= 11 is 6.05. The highest BCUT2D eigenvalue weighted by Gasteiger charge is 2.44. The van der Waals surface area contributed by atoms with Gasteiger partial charge in [0.05, 0.1) is 15.6 Å². The average Bonchev–Trinajstić information content (AvgIpc) is 3.56. The normalized spacial score (nSPS) is 14.7. The monoisotopic (exact) mass is 440 g/mol. The van der Waals surface area contributed by atoms with Gasteiger partial charge in [-0.25, -0.2) is 8.42 Å². The predicted octanol–water partition coefficient (Wildman–Crippen LogP) is 4.60. The van der Waals surface area contributed by atoms with Gasteiger partial charge in [0.25, 0.3) is 15.9 Å². The van der Waals surface area contributed by atoms with Crippen LogP contribution in [0.25, 0.3) is 0 Å². The Labute approximate surface area is 181 Å². The van der Waals surface area contributed by atoms with Crippen LogP contribution in [-0.4, -0.2) is 20.9 Å². The Balaban J connectivity index is 1.48. The van der Waals surface area contributed by atoms with Crippen LogP contribution in [-0.2, 0) is 15.4 Å². The van der Waals surface area contributed by atoms with Crippen molar-refractivity contribution in [3.8, 4) is 0 Å². The van der Waals surface area contributed by atoms with Crippen LogP contribution in [0.1, 0.15) is 28.8 Å². The molecule has 30 heavy (non-hydrogen) atoms. The highest BCUT2D eigenvalue weighted by molar-refractivity contribution is 7.92. The second kappa shape index (κ2) is 8.13. The molecule has 1 fully saturated rings. The topological polar surface area (TPSA) is 75.3 Å². The van der Waals surface area contributed by atoms with Crippen molar-refractivity contribution in [2.24, 2.45) is 0 Å². The molecule has 0 unspecified atom stereocenters. The summed E-state index contributed by atoms with van der Waals surface area (Å²) in [5.41, 5.74) is 1.77. The molecule has 1 aliphatic carbocycles. The van der Waals surface area contributed by atoms with Gasteiger partial charge in [-0.15, -0.1) is 0 Å².